The van der Waals surface area contributed by atoms with Crippen molar-refractivity contribution in [2.75, 3.05) is 0 Å². The molecule has 0 aliphatic carbocycles. The van der Waals surface area contributed by atoms with Crippen molar-refractivity contribution < 1.29 is 19.4 Å². The van der Waals surface area contributed by atoms with Gasteiger partial charge in [-0.1, -0.05) is 83.9 Å². The van der Waals surface area contributed by atoms with Gasteiger partial charge in [0.2, 0.25) is 0 Å². The minimum atomic E-state index is -1.25. The van der Waals surface area contributed by atoms with Crippen LogP contribution in [0.25, 0.3) is 0 Å². The van der Waals surface area contributed by atoms with Gasteiger partial charge in [-0.05, 0) is 35.7 Å². The first-order valence-electron chi connectivity index (χ1n) is 10.8. The van der Waals surface area contributed by atoms with E-state index in [0.29, 0.717) is 16.1 Å². The van der Waals surface area contributed by atoms with Crippen LogP contribution in [0, 0.1) is 18.3 Å². The van der Waals surface area contributed by atoms with Gasteiger partial charge in [-0.25, -0.2) is 0 Å². The zero-order valence-electron chi connectivity index (χ0n) is 18.5. The van der Waals surface area contributed by atoms with E-state index in [1.165, 1.54) is 4.90 Å². The number of halogens is 1. The van der Waals surface area contributed by atoms with Crippen LogP contribution in [0.4, 0.5) is 0 Å². The molecule has 4 atom stereocenters. The fourth-order valence-corrected chi connectivity index (χ4v) is 4.52. The number of amides is 1. The molecular weight excluding hydrogens is 452 g/mol. The Labute approximate surface area is 203 Å². The Kier molecular flexibility index (Phi) is 6.97. The van der Waals surface area contributed by atoms with E-state index >= 15 is 0 Å². The maximum absolute atomic E-state index is 13.7. The van der Waals surface area contributed by atoms with Gasteiger partial charge in [-0.2, -0.15) is 5.26 Å². The van der Waals surface area contributed by atoms with Crippen LogP contribution in [0.3, 0.4) is 0 Å². The smallest absolute Gasteiger partial charge is 0.306 e. The van der Waals surface area contributed by atoms with E-state index in [1.54, 1.807) is 42.5 Å². The molecule has 34 heavy (non-hydrogen) atoms. The predicted molar refractivity (Wildman–Crippen MR) is 127 cm³/mol. The average Bonchev–Trinajstić information content (AvgIpc) is 2.83. The molecule has 3 aromatic rings. The zero-order valence-corrected chi connectivity index (χ0v) is 19.2. The van der Waals surface area contributed by atoms with E-state index in [4.69, 9.17) is 16.3 Å². The van der Waals surface area contributed by atoms with Gasteiger partial charge in [0.05, 0.1) is 18.5 Å². The quantitative estimate of drug-likeness (QED) is 0.516. The fraction of sp³-hybridized carbons (Fsp3) is 0.222. The summed E-state index contributed by atoms with van der Waals surface area (Å²) in [5.74, 6) is -1.70. The lowest BCUT2D eigenvalue weighted by molar-refractivity contribution is -0.181. The number of carboxylic acid groups (broad SMARTS) is 1. The van der Waals surface area contributed by atoms with Crippen molar-refractivity contribution in [1.82, 2.24) is 4.90 Å². The van der Waals surface area contributed by atoms with Crippen LogP contribution in [0.15, 0.2) is 78.9 Å². The molecule has 0 saturated carbocycles. The summed E-state index contributed by atoms with van der Waals surface area (Å²) in [7, 11) is 0. The monoisotopic (exact) mass is 474 g/mol. The Morgan fingerprint density at radius 2 is 1.79 bits per heavy atom. The molecule has 6 nitrogen and oxygen atoms in total. The molecule has 1 heterocycles. The molecule has 7 heteroatoms. The van der Waals surface area contributed by atoms with Crippen LogP contribution in [-0.4, -0.2) is 28.0 Å². The number of nitriles is 1. The molecular formula is C27H23ClN2O4. The largest absolute Gasteiger partial charge is 0.481 e. The minimum absolute atomic E-state index is 0.488. The van der Waals surface area contributed by atoms with Crippen molar-refractivity contribution >= 4 is 23.5 Å². The third-order valence-corrected chi connectivity index (χ3v) is 6.13. The van der Waals surface area contributed by atoms with Crippen LogP contribution in [0.1, 0.15) is 46.9 Å². The average molecular weight is 475 g/mol. The maximum Gasteiger partial charge on any atom is 0.306 e. The van der Waals surface area contributed by atoms with Crippen LogP contribution >= 0.6 is 11.6 Å². The fourth-order valence-electron chi connectivity index (χ4n) is 4.32. The third kappa shape index (κ3) is 4.81. The van der Waals surface area contributed by atoms with Crippen LogP contribution in [0.2, 0.25) is 5.02 Å². The molecule has 1 saturated heterocycles. The highest BCUT2D eigenvalue weighted by Crippen LogP contribution is 2.46. The lowest BCUT2D eigenvalue weighted by atomic mass is 9.88. The minimum Gasteiger partial charge on any atom is -0.481 e. The van der Waals surface area contributed by atoms with Crippen LogP contribution in [0.5, 0.6) is 0 Å². The number of nitrogens with zero attached hydrogens (tertiary/aromatic N) is 2. The first kappa shape index (κ1) is 23.5. The van der Waals surface area contributed by atoms with Gasteiger partial charge in [0, 0.05) is 5.02 Å². The van der Waals surface area contributed by atoms with Crippen molar-refractivity contribution in [1.29, 1.82) is 5.26 Å². The van der Waals surface area contributed by atoms with Gasteiger partial charge in [-0.15, -0.1) is 0 Å². The molecule has 1 aliphatic rings. The molecule has 0 spiro atoms. The SMILES string of the molecule is Cc1ccc([C@@H]2[C@H](c3cccc(Cl)c3)O[C@@H](CC(=O)O)C(=O)N2[C@H](C#N)c2ccccc2)cc1. The lowest BCUT2D eigenvalue weighted by Crippen LogP contribution is -2.52. The summed E-state index contributed by atoms with van der Waals surface area (Å²) in [6.07, 6.45) is -2.49. The van der Waals surface area contributed by atoms with Crippen molar-refractivity contribution in [3.8, 4) is 6.07 Å². The number of hydrogen-bond acceptors (Lipinski definition) is 4. The predicted octanol–water partition coefficient (Wildman–Crippen LogP) is 5.40. The molecule has 4 rings (SSSR count). The van der Waals surface area contributed by atoms with Crippen molar-refractivity contribution in [3.05, 3.63) is 106 Å². The summed E-state index contributed by atoms with van der Waals surface area (Å²) in [6.45, 7) is 1.96. The number of carboxylic acids is 1. The molecule has 1 amide bonds. The molecule has 0 bridgehead atoms. The number of carbonyl (C=O) groups excluding carboxylic acids is 1. The molecule has 0 aromatic heterocycles. The summed E-state index contributed by atoms with van der Waals surface area (Å²) in [6, 6.07) is 24.4. The molecule has 0 unspecified atom stereocenters. The van der Waals surface area contributed by atoms with E-state index in [-0.39, 0.29) is 0 Å². The van der Waals surface area contributed by atoms with Crippen molar-refractivity contribution in [3.63, 3.8) is 0 Å². The highest BCUT2D eigenvalue weighted by Gasteiger charge is 2.47. The Hall–Kier alpha value is -3.66. The number of benzene rings is 3. The van der Waals surface area contributed by atoms with Crippen LogP contribution in [-0.2, 0) is 14.3 Å². The zero-order chi connectivity index (χ0) is 24.2. The molecule has 0 radical (unpaired) electrons. The molecule has 1 N–H and O–H groups in total. The van der Waals surface area contributed by atoms with E-state index in [9.17, 15) is 20.0 Å². The first-order chi connectivity index (χ1) is 16.4. The molecule has 172 valence electrons. The topological polar surface area (TPSA) is 90.6 Å². The van der Waals surface area contributed by atoms with Gasteiger partial charge >= 0.3 is 5.97 Å². The number of rotatable bonds is 6. The number of ether oxygens (including phenoxy) is 1. The second-order valence-corrected chi connectivity index (χ2v) is 8.68. The van der Waals surface area contributed by atoms with Crippen molar-refractivity contribution in [2.45, 2.75) is 37.6 Å². The number of hydrogen-bond donors (Lipinski definition) is 1. The van der Waals surface area contributed by atoms with Gasteiger partial charge in [0.15, 0.2) is 0 Å². The lowest BCUT2D eigenvalue weighted by Gasteiger charge is -2.46. The number of morpholine rings is 1. The van der Waals surface area contributed by atoms with E-state index in [1.807, 2.05) is 43.3 Å². The van der Waals surface area contributed by atoms with E-state index < -0.39 is 42.6 Å². The standard InChI is InChI=1S/C27H23ClN2O4/c1-17-10-12-19(13-11-17)25-26(20-8-5-9-21(28)14-20)34-23(15-24(31)32)27(33)30(25)22(16-29)18-6-3-2-4-7-18/h2-14,22-23,25-26H,15H2,1H3,(H,31,32)/t22-,23+,25-,26+/m1/s1. The van der Waals surface area contributed by atoms with Gasteiger partial charge in [-0.3, -0.25) is 9.59 Å². The van der Waals surface area contributed by atoms with Crippen molar-refractivity contribution in [2.24, 2.45) is 0 Å². The van der Waals surface area contributed by atoms with E-state index in [0.717, 1.165) is 11.1 Å². The molecule has 1 fully saturated rings. The van der Waals surface area contributed by atoms with Gasteiger partial charge < -0.3 is 14.7 Å². The summed E-state index contributed by atoms with van der Waals surface area (Å²) < 4.78 is 6.17. The Morgan fingerprint density at radius 3 is 2.41 bits per heavy atom. The summed E-state index contributed by atoms with van der Waals surface area (Å²) in [5.41, 5.74) is 3.14. The highest BCUT2D eigenvalue weighted by atomic mass is 35.5. The number of aryl methyl sites for hydroxylation is 1. The second-order valence-electron chi connectivity index (χ2n) is 8.24. The Balaban J connectivity index is 1.92. The number of aliphatic carboxylic acids is 1. The first-order valence-corrected chi connectivity index (χ1v) is 11.2. The third-order valence-electron chi connectivity index (χ3n) is 5.90. The maximum atomic E-state index is 13.7. The summed E-state index contributed by atoms with van der Waals surface area (Å²) in [4.78, 5) is 26.7. The Morgan fingerprint density at radius 1 is 1.09 bits per heavy atom. The molecule has 1 aliphatic heterocycles. The van der Waals surface area contributed by atoms with Gasteiger partial charge in [0.1, 0.15) is 18.2 Å². The summed E-state index contributed by atoms with van der Waals surface area (Å²) >= 11 is 6.27. The Bertz CT molecular complexity index is 1220. The van der Waals surface area contributed by atoms with Crippen LogP contribution < -0.4 is 0 Å². The molecule has 3 aromatic carbocycles. The second kappa shape index (κ2) is 10.1. The van der Waals surface area contributed by atoms with Gasteiger partial charge in [0.25, 0.3) is 5.91 Å². The summed E-state index contributed by atoms with van der Waals surface area (Å²) in [5, 5.41) is 20.2. The van der Waals surface area contributed by atoms with E-state index in [2.05, 4.69) is 6.07 Å². The highest BCUT2D eigenvalue weighted by molar-refractivity contribution is 6.30. The number of carbonyl (C=O) groups is 2. The normalized spacial score (nSPS) is 21.0.